The van der Waals surface area contributed by atoms with Gasteiger partial charge in [-0.2, -0.15) is 0 Å². The maximum atomic E-state index is 13.2. The van der Waals surface area contributed by atoms with Crippen molar-refractivity contribution in [3.05, 3.63) is 93.9 Å². The molecule has 0 saturated carbocycles. The van der Waals surface area contributed by atoms with E-state index in [9.17, 15) is 9.18 Å². The molecule has 3 rings (SSSR count). The number of aryl methyl sites for hydroxylation is 1. The van der Waals surface area contributed by atoms with Gasteiger partial charge < -0.3 is 11.1 Å². The average Bonchev–Trinajstić information content (AvgIpc) is 2.76. The summed E-state index contributed by atoms with van der Waals surface area (Å²) in [6.45, 7) is 2.27. The minimum atomic E-state index is -0.297. The zero-order valence-corrected chi connectivity index (χ0v) is 17.9. The smallest absolute Gasteiger partial charge is 0.251 e. The van der Waals surface area contributed by atoms with Gasteiger partial charge in [0.15, 0.2) is 0 Å². The molecule has 3 N–H and O–H groups in total. The summed E-state index contributed by atoms with van der Waals surface area (Å²) in [5, 5.41) is 3.05. The van der Waals surface area contributed by atoms with Crippen LogP contribution in [0.1, 0.15) is 27.0 Å². The number of hydrogen-bond donors (Lipinski definition) is 2. The van der Waals surface area contributed by atoms with Gasteiger partial charge in [-0.3, -0.25) is 14.8 Å². The Balaban J connectivity index is 1.77. The first-order chi connectivity index (χ1) is 14.9. The maximum Gasteiger partial charge on any atom is 0.251 e. The number of aliphatic imine (C=N–C) groups is 1. The summed E-state index contributed by atoms with van der Waals surface area (Å²) >= 11 is 6.10. The standard InChI is InChI=1S/C24H22ClFN4O/c1-15-13-30-23(17-3-5-20(26)6-4-17)12-21(15)22(27)7-8-29-14-16-9-18(24(31)28-2)11-19(25)10-16/h3-13H,14,27H2,1-2H3,(H,28,31)/b22-7-,29-8?. The van der Waals surface area contributed by atoms with Gasteiger partial charge in [-0.05, 0) is 72.7 Å². The minimum absolute atomic E-state index is 0.206. The number of hydrogen-bond acceptors (Lipinski definition) is 4. The number of halogens is 2. The number of allylic oxidation sites excluding steroid dienone is 1. The van der Waals surface area contributed by atoms with Crippen molar-refractivity contribution >= 4 is 29.4 Å². The van der Waals surface area contributed by atoms with Crippen LogP contribution in [-0.2, 0) is 6.54 Å². The molecule has 5 nitrogen and oxygen atoms in total. The molecule has 7 heteroatoms. The van der Waals surface area contributed by atoms with Crippen LogP contribution in [0.25, 0.3) is 17.0 Å². The van der Waals surface area contributed by atoms with Crippen molar-refractivity contribution in [2.24, 2.45) is 10.7 Å². The topological polar surface area (TPSA) is 80.4 Å². The largest absolute Gasteiger partial charge is 0.398 e. The zero-order chi connectivity index (χ0) is 22.4. The Kier molecular flexibility index (Phi) is 7.15. The zero-order valence-electron chi connectivity index (χ0n) is 17.2. The fourth-order valence-electron chi connectivity index (χ4n) is 3.01. The minimum Gasteiger partial charge on any atom is -0.398 e. The predicted octanol–water partition coefficient (Wildman–Crippen LogP) is 4.78. The van der Waals surface area contributed by atoms with Crippen molar-refractivity contribution in [3.8, 4) is 11.3 Å². The fraction of sp³-hybridized carbons (Fsp3) is 0.125. The van der Waals surface area contributed by atoms with Gasteiger partial charge in [-0.25, -0.2) is 4.39 Å². The lowest BCUT2D eigenvalue weighted by atomic mass is 10.0. The van der Waals surface area contributed by atoms with E-state index in [0.717, 1.165) is 22.3 Å². The van der Waals surface area contributed by atoms with Gasteiger partial charge >= 0.3 is 0 Å². The van der Waals surface area contributed by atoms with E-state index < -0.39 is 0 Å². The van der Waals surface area contributed by atoms with E-state index in [1.165, 1.54) is 12.1 Å². The second-order valence-corrected chi connectivity index (χ2v) is 7.37. The molecule has 0 saturated heterocycles. The third-order valence-electron chi connectivity index (χ3n) is 4.63. The first kappa shape index (κ1) is 22.2. The lowest BCUT2D eigenvalue weighted by Crippen LogP contribution is -2.17. The number of carbonyl (C=O) groups excluding carboxylic acids is 1. The van der Waals surface area contributed by atoms with Crippen LogP contribution in [0.4, 0.5) is 4.39 Å². The van der Waals surface area contributed by atoms with Crippen molar-refractivity contribution in [2.45, 2.75) is 13.5 Å². The Hall–Kier alpha value is -3.51. The van der Waals surface area contributed by atoms with E-state index in [1.807, 2.05) is 13.0 Å². The average molecular weight is 437 g/mol. The molecule has 3 aromatic rings. The number of pyridine rings is 1. The second kappa shape index (κ2) is 10.00. The van der Waals surface area contributed by atoms with Crippen LogP contribution in [0.2, 0.25) is 5.02 Å². The summed E-state index contributed by atoms with van der Waals surface area (Å²) in [6.07, 6.45) is 5.06. The lowest BCUT2D eigenvalue weighted by molar-refractivity contribution is 0.0963. The van der Waals surface area contributed by atoms with Gasteiger partial charge in [0.05, 0.1) is 12.2 Å². The Morgan fingerprint density at radius 1 is 1.23 bits per heavy atom. The highest BCUT2D eigenvalue weighted by molar-refractivity contribution is 6.31. The Labute approximate surface area is 185 Å². The Morgan fingerprint density at radius 3 is 2.68 bits per heavy atom. The molecule has 0 fully saturated rings. The van der Waals surface area contributed by atoms with Crippen LogP contribution in [0, 0.1) is 12.7 Å². The maximum absolute atomic E-state index is 13.2. The normalized spacial score (nSPS) is 11.7. The SMILES string of the molecule is CNC(=O)c1cc(Cl)cc(CN=C/C=C(\N)c2cc(-c3ccc(F)cc3)ncc2C)c1. The van der Waals surface area contributed by atoms with Crippen LogP contribution in [0.5, 0.6) is 0 Å². The molecule has 31 heavy (non-hydrogen) atoms. The molecular weight excluding hydrogens is 415 g/mol. The molecule has 158 valence electrons. The van der Waals surface area contributed by atoms with Gasteiger partial charge in [0.2, 0.25) is 0 Å². The van der Waals surface area contributed by atoms with Crippen molar-refractivity contribution < 1.29 is 9.18 Å². The molecular formula is C24H22ClFN4O. The van der Waals surface area contributed by atoms with Gasteiger partial charge in [-0.1, -0.05) is 11.6 Å². The molecule has 0 spiro atoms. The van der Waals surface area contributed by atoms with E-state index in [4.69, 9.17) is 17.3 Å². The first-order valence-electron chi connectivity index (χ1n) is 9.57. The summed E-state index contributed by atoms with van der Waals surface area (Å²) < 4.78 is 13.2. The van der Waals surface area contributed by atoms with Crippen LogP contribution >= 0.6 is 11.6 Å². The van der Waals surface area contributed by atoms with Crippen molar-refractivity contribution in [3.63, 3.8) is 0 Å². The Bertz CT molecular complexity index is 1160. The van der Waals surface area contributed by atoms with Crippen molar-refractivity contribution in [1.82, 2.24) is 10.3 Å². The molecule has 0 aliphatic carbocycles. The van der Waals surface area contributed by atoms with Crippen LogP contribution < -0.4 is 11.1 Å². The van der Waals surface area contributed by atoms with E-state index in [2.05, 4.69) is 15.3 Å². The number of nitrogens with one attached hydrogen (secondary N) is 1. The highest BCUT2D eigenvalue weighted by Gasteiger charge is 2.07. The van der Waals surface area contributed by atoms with Crippen LogP contribution in [0.15, 0.2) is 65.8 Å². The van der Waals surface area contributed by atoms with Crippen LogP contribution in [-0.4, -0.2) is 24.2 Å². The highest BCUT2D eigenvalue weighted by atomic mass is 35.5. The summed E-state index contributed by atoms with van der Waals surface area (Å²) in [5.41, 5.74) is 11.3. The van der Waals surface area contributed by atoms with Gasteiger partial charge in [-0.15, -0.1) is 0 Å². The number of nitrogens with two attached hydrogens (primary N) is 1. The molecule has 0 unspecified atom stereocenters. The molecule has 1 amide bonds. The quantitative estimate of drug-likeness (QED) is 0.545. The molecule has 0 aliphatic heterocycles. The molecule has 0 radical (unpaired) electrons. The first-order valence-corrected chi connectivity index (χ1v) is 9.95. The summed E-state index contributed by atoms with van der Waals surface area (Å²) in [4.78, 5) is 20.6. The molecule has 1 aromatic heterocycles. The molecule has 1 heterocycles. The molecule has 0 aliphatic rings. The number of aromatic nitrogens is 1. The lowest BCUT2D eigenvalue weighted by Gasteiger charge is -2.08. The third-order valence-corrected chi connectivity index (χ3v) is 4.85. The summed E-state index contributed by atoms with van der Waals surface area (Å²) in [5.74, 6) is -0.504. The molecule has 0 bridgehead atoms. The van der Waals surface area contributed by atoms with E-state index in [-0.39, 0.29) is 11.7 Å². The van der Waals surface area contributed by atoms with Gasteiger partial charge in [0.1, 0.15) is 5.82 Å². The summed E-state index contributed by atoms with van der Waals surface area (Å²) in [7, 11) is 1.57. The number of benzene rings is 2. The van der Waals surface area contributed by atoms with E-state index >= 15 is 0 Å². The fourth-order valence-corrected chi connectivity index (χ4v) is 3.27. The van der Waals surface area contributed by atoms with Gasteiger partial charge in [0.25, 0.3) is 5.91 Å². The van der Waals surface area contributed by atoms with E-state index in [1.54, 1.807) is 55.9 Å². The molecule has 2 aromatic carbocycles. The number of nitrogens with zero attached hydrogens (tertiary/aromatic N) is 2. The number of rotatable bonds is 6. The van der Waals surface area contributed by atoms with E-state index in [0.29, 0.717) is 28.5 Å². The monoisotopic (exact) mass is 436 g/mol. The van der Waals surface area contributed by atoms with Crippen LogP contribution in [0.3, 0.4) is 0 Å². The number of amides is 1. The molecule has 0 atom stereocenters. The number of carbonyl (C=O) groups is 1. The summed E-state index contributed by atoms with van der Waals surface area (Å²) in [6, 6.07) is 13.1. The van der Waals surface area contributed by atoms with Crippen molar-refractivity contribution in [1.29, 1.82) is 0 Å². The predicted molar refractivity (Wildman–Crippen MR) is 124 cm³/mol. The third kappa shape index (κ3) is 5.77. The Morgan fingerprint density at radius 2 is 1.97 bits per heavy atom. The second-order valence-electron chi connectivity index (χ2n) is 6.93. The van der Waals surface area contributed by atoms with Gasteiger partial charge in [0, 0.05) is 46.9 Å². The van der Waals surface area contributed by atoms with Crippen molar-refractivity contribution in [2.75, 3.05) is 7.05 Å². The highest BCUT2D eigenvalue weighted by Crippen LogP contribution is 2.23.